The molecule has 1 heterocycles. The molecule has 0 radical (unpaired) electrons. The van der Waals surface area contributed by atoms with Crippen LogP contribution < -0.4 is 4.74 Å². The molecule has 0 amide bonds. The van der Waals surface area contributed by atoms with Gasteiger partial charge in [-0.15, -0.1) is 23.2 Å². The summed E-state index contributed by atoms with van der Waals surface area (Å²) in [6, 6.07) is 1.59. The van der Waals surface area contributed by atoms with E-state index < -0.39 is 0 Å². The van der Waals surface area contributed by atoms with Crippen LogP contribution in [0.5, 0.6) is 5.88 Å². The minimum absolute atomic E-state index is 0.0555. The zero-order valence-corrected chi connectivity index (χ0v) is 10.8. The van der Waals surface area contributed by atoms with E-state index in [4.69, 9.17) is 39.5 Å². The van der Waals surface area contributed by atoms with Gasteiger partial charge in [0.25, 0.3) is 0 Å². The molecule has 1 aliphatic carbocycles. The maximum Gasteiger partial charge on any atom is 0.217 e. The van der Waals surface area contributed by atoms with Gasteiger partial charge in [0.15, 0.2) is 0 Å². The standard InChI is InChI=1S/C10H11Cl3N2O/c11-4-10(5-12)2-7(10)3-16-9-1-8(13)14-6-15-9/h1,6-7H,2-5H2. The molecule has 1 aliphatic rings. The van der Waals surface area contributed by atoms with E-state index in [9.17, 15) is 0 Å². The molecular weight excluding hydrogens is 270 g/mol. The molecule has 6 heteroatoms. The van der Waals surface area contributed by atoms with Gasteiger partial charge in [0.05, 0.1) is 6.61 Å². The van der Waals surface area contributed by atoms with Crippen molar-refractivity contribution in [3.05, 3.63) is 17.5 Å². The Morgan fingerprint density at radius 2 is 2.12 bits per heavy atom. The van der Waals surface area contributed by atoms with Crippen molar-refractivity contribution in [1.29, 1.82) is 0 Å². The Bertz CT molecular complexity index is 371. The number of rotatable bonds is 5. The normalized spacial score (nSPS) is 21.8. The second-order valence-corrected chi connectivity index (χ2v) is 4.94. The van der Waals surface area contributed by atoms with Crippen LogP contribution in [0.3, 0.4) is 0 Å². The number of aromatic nitrogens is 2. The van der Waals surface area contributed by atoms with Crippen LogP contribution in [0.2, 0.25) is 5.15 Å². The number of nitrogens with zero attached hydrogens (tertiary/aromatic N) is 2. The second kappa shape index (κ2) is 4.94. The molecule has 0 spiro atoms. The van der Waals surface area contributed by atoms with Crippen molar-refractivity contribution in [2.24, 2.45) is 11.3 Å². The molecule has 0 saturated heterocycles. The first-order valence-corrected chi connectivity index (χ1v) is 6.37. The highest BCUT2D eigenvalue weighted by Gasteiger charge is 2.53. The van der Waals surface area contributed by atoms with Crippen LogP contribution >= 0.6 is 34.8 Å². The third kappa shape index (κ3) is 2.53. The van der Waals surface area contributed by atoms with Gasteiger partial charge in [0.2, 0.25) is 5.88 Å². The smallest absolute Gasteiger partial charge is 0.217 e. The topological polar surface area (TPSA) is 35.0 Å². The fourth-order valence-corrected chi connectivity index (χ4v) is 2.69. The molecule has 1 aromatic rings. The summed E-state index contributed by atoms with van der Waals surface area (Å²) in [5, 5.41) is 0.377. The molecule has 0 bridgehead atoms. The summed E-state index contributed by atoms with van der Waals surface area (Å²) in [5.41, 5.74) is 0.0555. The Labute approximate surface area is 109 Å². The summed E-state index contributed by atoms with van der Waals surface area (Å²) in [4.78, 5) is 7.73. The fourth-order valence-electron chi connectivity index (χ4n) is 1.61. The molecule has 0 N–H and O–H groups in total. The molecule has 88 valence electrons. The first-order chi connectivity index (χ1) is 7.70. The minimum Gasteiger partial charge on any atom is -0.477 e. The van der Waals surface area contributed by atoms with E-state index in [1.165, 1.54) is 6.33 Å². The molecule has 1 atom stereocenters. The third-order valence-corrected chi connectivity index (χ3v) is 4.20. The summed E-state index contributed by atoms with van der Waals surface area (Å²) in [5.74, 6) is 2.06. The molecule has 1 unspecified atom stereocenters. The number of hydrogen-bond donors (Lipinski definition) is 0. The highest BCUT2D eigenvalue weighted by Crippen LogP contribution is 2.54. The van der Waals surface area contributed by atoms with Gasteiger partial charge in [-0.2, -0.15) is 0 Å². The van der Waals surface area contributed by atoms with E-state index in [1.54, 1.807) is 6.07 Å². The lowest BCUT2D eigenvalue weighted by molar-refractivity contribution is 0.270. The van der Waals surface area contributed by atoms with Gasteiger partial charge in [0, 0.05) is 29.2 Å². The van der Waals surface area contributed by atoms with Crippen LogP contribution in [0, 0.1) is 11.3 Å². The summed E-state index contributed by atoms with van der Waals surface area (Å²) in [6.45, 7) is 0.576. The molecular formula is C10H11Cl3N2O. The molecule has 0 aromatic carbocycles. The third-order valence-electron chi connectivity index (χ3n) is 2.93. The van der Waals surface area contributed by atoms with Crippen LogP contribution in [0.1, 0.15) is 6.42 Å². The van der Waals surface area contributed by atoms with Gasteiger partial charge in [0.1, 0.15) is 11.5 Å². The van der Waals surface area contributed by atoms with Crippen LogP contribution in [-0.2, 0) is 0 Å². The summed E-state index contributed by atoms with van der Waals surface area (Å²) >= 11 is 17.5. The Kier molecular flexibility index (Phi) is 3.77. The van der Waals surface area contributed by atoms with Gasteiger partial charge in [-0.3, -0.25) is 0 Å². The monoisotopic (exact) mass is 280 g/mol. The average molecular weight is 282 g/mol. The van der Waals surface area contributed by atoms with Crippen molar-refractivity contribution < 1.29 is 4.74 Å². The number of halogens is 3. The van der Waals surface area contributed by atoms with Crippen LogP contribution in [0.4, 0.5) is 0 Å². The van der Waals surface area contributed by atoms with Crippen molar-refractivity contribution in [3.8, 4) is 5.88 Å². The van der Waals surface area contributed by atoms with E-state index in [1.807, 2.05) is 0 Å². The van der Waals surface area contributed by atoms with Gasteiger partial charge in [-0.25, -0.2) is 9.97 Å². The highest BCUT2D eigenvalue weighted by molar-refractivity contribution is 6.29. The van der Waals surface area contributed by atoms with Gasteiger partial charge >= 0.3 is 0 Å². The Balaban J connectivity index is 1.86. The lowest BCUT2D eigenvalue weighted by atomic mass is 10.1. The van der Waals surface area contributed by atoms with E-state index >= 15 is 0 Å². The van der Waals surface area contributed by atoms with E-state index in [0.29, 0.717) is 35.3 Å². The summed E-state index contributed by atoms with van der Waals surface area (Å²) in [7, 11) is 0. The maximum absolute atomic E-state index is 5.87. The zero-order chi connectivity index (χ0) is 11.6. The van der Waals surface area contributed by atoms with Crippen molar-refractivity contribution in [2.45, 2.75) is 6.42 Å². The lowest BCUT2D eigenvalue weighted by Gasteiger charge is -2.10. The Hall–Kier alpha value is -0.250. The van der Waals surface area contributed by atoms with Crippen LogP contribution in [0.15, 0.2) is 12.4 Å². The number of hydrogen-bond acceptors (Lipinski definition) is 3. The Morgan fingerprint density at radius 1 is 1.38 bits per heavy atom. The molecule has 1 saturated carbocycles. The predicted octanol–water partition coefficient (Wildman–Crippen LogP) is 2.99. The number of alkyl halides is 2. The molecule has 1 fully saturated rings. The summed E-state index contributed by atoms with van der Waals surface area (Å²) in [6.07, 6.45) is 2.39. The van der Waals surface area contributed by atoms with Crippen LogP contribution in [0.25, 0.3) is 0 Å². The molecule has 16 heavy (non-hydrogen) atoms. The SMILES string of the molecule is ClCC1(CCl)CC1COc1cc(Cl)ncn1. The highest BCUT2D eigenvalue weighted by atomic mass is 35.5. The first-order valence-electron chi connectivity index (χ1n) is 4.92. The molecule has 3 nitrogen and oxygen atoms in total. The van der Waals surface area contributed by atoms with Crippen LogP contribution in [-0.4, -0.2) is 28.3 Å². The fraction of sp³-hybridized carbons (Fsp3) is 0.600. The van der Waals surface area contributed by atoms with Gasteiger partial charge in [-0.05, 0) is 6.42 Å². The average Bonchev–Trinajstić information content (AvgIpc) is 3.01. The largest absolute Gasteiger partial charge is 0.477 e. The van der Waals surface area contributed by atoms with Crippen molar-refractivity contribution in [1.82, 2.24) is 9.97 Å². The van der Waals surface area contributed by atoms with Gasteiger partial charge in [-0.1, -0.05) is 11.6 Å². The van der Waals surface area contributed by atoms with Crippen molar-refractivity contribution in [3.63, 3.8) is 0 Å². The minimum atomic E-state index is 0.0555. The molecule has 1 aromatic heterocycles. The van der Waals surface area contributed by atoms with Gasteiger partial charge < -0.3 is 4.74 Å². The molecule has 2 rings (SSSR count). The van der Waals surface area contributed by atoms with Crippen molar-refractivity contribution in [2.75, 3.05) is 18.4 Å². The van der Waals surface area contributed by atoms with E-state index in [2.05, 4.69) is 9.97 Å². The lowest BCUT2D eigenvalue weighted by Crippen LogP contribution is -2.13. The summed E-state index contributed by atoms with van der Waals surface area (Å²) < 4.78 is 5.52. The number of ether oxygens (including phenoxy) is 1. The Morgan fingerprint density at radius 3 is 2.69 bits per heavy atom. The first kappa shape index (κ1) is 12.2. The second-order valence-electron chi connectivity index (χ2n) is 4.02. The van der Waals surface area contributed by atoms with E-state index in [0.717, 1.165) is 6.42 Å². The zero-order valence-electron chi connectivity index (χ0n) is 8.50. The van der Waals surface area contributed by atoms with Crippen molar-refractivity contribution >= 4 is 34.8 Å². The maximum atomic E-state index is 5.87. The quantitative estimate of drug-likeness (QED) is 0.615. The predicted molar refractivity (Wildman–Crippen MR) is 64.5 cm³/mol. The molecule has 0 aliphatic heterocycles. The van der Waals surface area contributed by atoms with E-state index in [-0.39, 0.29) is 5.41 Å².